The maximum absolute atomic E-state index is 13.8. The van der Waals surface area contributed by atoms with Gasteiger partial charge in [-0.15, -0.1) is 0 Å². The Labute approximate surface area is 97.7 Å². The number of halogens is 1. The number of carbonyl (C=O) groups is 1. The number of rotatable bonds is 1. The molecule has 0 amide bonds. The fourth-order valence-electron chi connectivity index (χ4n) is 1.99. The summed E-state index contributed by atoms with van der Waals surface area (Å²) >= 11 is 0. The van der Waals surface area contributed by atoms with Gasteiger partial charge in [-0.1, -0.05) is 0 Å². The number of hydrogen-bond acceptors (Lipinski definition) is 4. The van der Waals surface area contributed by atoms with Gasteiger partial charge < -0.3 is 14.8 Å². The van der Waals surface area contributed by atoms with Crippen molar-refractivity contribution in [2.24, 2.45) is 0 Å². The topological polar surface area (TPSA) is 47.6 Å². The quantitative estimate of drug-likeness (QED) is 0.758. The molecular weight excluding hydrogens is 225 g/mol. The Kier molecular flexibility index (Phi) is 2.05. The summed E-state index contributed by atoms with van der Waals surface area (Å²) in [5.74, 6) is -0.872. The second kappa shape index (κ2) is 3.35. The Morgan fingerprint density at radius 1 is 1.53 bits per heavy atom. The summed E-state index contributed by atoms with van der Waals surface area (Å²) in [6.07, 6.45) is 1.88. The number of esters is 1. The predicted octanol–water partition coefficient (Wildman–Crippen LogP) is 1.95. The molecule has 1 heterocycles. The van der Waals surface area contributed by atoms with Crippen molar-refractivity contribution < 1.29 is 18.7 Å². The molecule has 17 heavy (non-hydrogen) atoms. The van der Waals surface area contributed by atoms with Crippen molar-refractivity contribution in [2.75, 3.05) is 19.0 Å². The highest BCUT2D eigenvalue weighted by atomic mass is 19.1. The average molecular weight is 237 g/mol. The first-order chi connectivity index (χ1) is 8.13. The van der Waals surface area contributed by atoms with Crippen molar-refractivity contribution in [3.05, 3.63) is 23.5 Å². The Hall–Kier alpha value is -1.78. The van der Waals surface area contributed by atoms with Crippen LogP contribution < -0.4 is 10.1 Å². The van der Waals surface area contributed by atoms with Gasteiger partial charge in [-0.3, -0.25) is 0 Å². The third-order valence-corrected chi connectivity index (χ3v) is 3.19. The largest absolute Gasteiger partial charge is 0.480 e. The minimum atomic E-state index is -0.555. The Morgan fingerprint density at radius 3 is 2.94 bits per heavy atom. The number of nitrogens with one attached hydrogen (secondary N) is 1. The Morgan fingerprint density at radius 2 is 2.29 bits per heavy atom. The lowest BCUT2D eigenvalue weighted by atomic mass is 10.1. The van der Waals surface area contributed by atoms with Gasteiger partial charge in [0.15, 0.2) is 11.6 Å². The number of methoxy groups -OCH3 is 1. The first-order valence-corrected chi connectivity index (χ1v) is 5.48. The number of carbonyl (C=O) groups excluding carboxylic acids is 1. The van der Waals surface area contributed by atoms with Gasteiger partial charge in [-0.2, -0.15) is 0 Å². The van der Waals surface area contributed by atoms with E-state index in [1.165, 1.54) is 7.11 Å². The van der Waals surface area contributed by atoms with Gasteiger partial charge in [0, 0.05) is 0 Å². The van der Waals surface area contributed by atoms with Crippen LogP contribution in [0.4, 0.5) is 10.1 Å². The molecule has 90 valence electrons. The van der Waals surface area contributed by atoms with Gasteiger partial charge in [-0.05, 0) is 25.0 Å². The van der Waals surface area contributed by atoms with Gasteiger partial charge >= 0.3 is 5.97 Å². The maximum atomic E-state index is 13.8. The highest BCUT2D eigenvalue weighted by molar-refractivity contribution is 5.91. The zero-order valence-corrected chi connectivity index (χ0v) is 9.38. The smallest absolute Gasteiger partial charge is 0.338 e. The lowest BCUT2D eigenvalue weighted by molar-refractivity contribution is 0.0600. The molecule has 0 radical (unpaired) electrons. The lowest BCUT2D eigenvalue weighted by Gasteiger charge is -2.27. The molecule has 0 unspecified atom stereocenters. The van der Waals surface area contributed by atoms with Crippen LogP contribution in [0, 0.1) is 5.82 Å². The fourth-order valence-corrected chi connectivity index (χ4v) is 1.99. The van der Waals surface area contributed by atoms with Crippen LogP contribution in [-0.4, -0.2) is 25.2 Å². The van der Waals surface area contributed by atoms with Gasteiger partial charge in [-0.25, -0.2) is 9.18 Å². The van der Waals surface area contributed by atoms with Crippen LogP contribution in [0.2, 0.25) is 0 Å². The van der Waals surface area contributed by atoms with Crippen LogP contribution >= 0.6 is 0 Å². The van der Waals surface area contributed by atoms with Crippen LogP contribution in [-0.2, 0) is 4.74 Å². The van der Waals surface area contributed by atoms with Crippen molar-refractivity contribution >= 4 is 11.7 Å². The van der Waals surface area contributed by atoms with Crippen LogP contribution in [0.5, 0.6) is 5.75 Å². The molecule has 1 N–H and O–H groups in total. The molecule has 0 saturated heterocycles. The molecule has 3 rings (SSSR count). The van der Waals surface area contributed by atoms with Gasteiger partial charge in [0.2, 0.25) is 0 Å². The zero-order chi connectivity index (χ0) is 12.0. The maximum Gasteiger partial charge on any atom is 0.338 e. The molecule has 1 aliphatic heterocycles. The van der Waals surface area contributed by atoms with Crippen molar-refractivity contribution in [2.45, 2.75) is 18.4 Å². The van der Waals surface area contributed by atoms with Crippen LogP contribution in [0.3, 0.4) is 0 Å². The molecule has 0 bridgehead atoms. The standard InChI is InChI=1S/C12H12FNO3/c1-16-11(15)7-4-8(13)10-9(5-7)14-6-12(17-10)2-3-12/h4-5,14H,2-3,6H2,1H3. The summed E-state index contributed by atoms with van der Waals surface area (Å²) in [4.78, 5) is 11.3. The summed E-state index contributed by atoms with van der Waals surface area (Å²) in [6.45, 7) is 0.657. The van der Waals surface area contributed by atoms with E-state index in [4.69, 9.17) is 4.74 Å². The minimum Gasteiger partial charge on any atom is -0.480 e. The van der Waals surface area contributed by atoms with E-state index in [1.54, 1.807) is 6.07 Å². The second-order valence-electron chi connectivity index (χ2n) is 4.46. The summed E-state index contributed by atoms with van der Waals surface area (Å²) in [5.41, 5.74) is 0.482. The van der Waals surface area contributed by atoms with E-state index < -0.39 is 11.8 Å². The highest BCUT2D eigenvalue weighted by Crippen LogP contribution is 2.47. The Balaban J connectivity index is 2.00. The molecule has 2 aliphatic rings. The van der Waals surface area contributed by atoms with Gasteiger partial charge in [0.1, 0.15) is 5.60 Å². The summed E-state index contributed by atoms with van der Waals surface area (Å²) in [7, 11) is 1.27. The molecule has 1 fully saturated rings. The monoisotopic (exact) mass is 237 g/mol. The van der Waals surface area contributed by atoms with E-state index in [1.807, 2.05) is 0 Å². The third-order valence-electron chi connectivity index (χ3n) is 3.19. The van der Waals surface area contributed by atoms with Crippen molar-refractivity contribution in [1.29, 1.82) is 0 Å². The van der Waals surface area contributed by atoms with Gasteiger partial charge in [0.05, 0.1) is 24.9 Å². The van der Waals surface area contributed by atoms with Crippen molar-refractivity contribution in [3.63, 3.8) is 0 Å². The predicted molar refractivity (Wildman–Crippen MR) is 58.8 cm³/mol. The number of anilines is 1. The molecule has 1 saturated carbocycles. The van der Waals surface area contributed by atoms with E-state index in [-0.39, 0.29) is 16.9 Å². The Bertz CT molecular complexity index is 497. The highest BCUT2D eigenvalue weighted by Gasteiger charge is 2.48. The number of hydrogen-bond donors (Lipinski definition) is 1. The van der Waals surface area contributed by atoms with Gasteiger partial charge in [0.25, 0.3) is 0 Å². The second-order valence-corrected chi connectivity index (χ2v) is 4.46. The minimum absolute atomic E-state index is 0.187. The molecule has 5 heteroatoms. The molecular formula is C12H12FNO3. The third kappa shape index (κ3) is 1.62. The van der Waals surface area contributed by atoms with Crippen LogP contribution in [0.15, 0.2) is 12.1 Å². The summed E-state index contributed by atoms with van der Waals surface area (Å²) in [6, 6.07) is 2.70. The summed E-state index contributed by atoms with van der Waals surface area (Å²) in [5, 5.41) is 3.10. The molecule has 1 aromatic rings. The molecule has 4 nitrogen and oxygen atoms in total. The lowest BCUT2D eigenvalue weighted by Crippen LogP contribution is -2.33. The molecule has 1 aliphatic carbocycles. The molecule has 0 aromatic heterocycles. The normalized spacial score (nSPS) is 18.9. The average Bonchev–Trinajstić information content (AvgIpc) is 3.09. The van der Waals surface area contributed by atoms with Crippen molar-refractivity contribution in [1.82, 2.24) is 0 Å². The van der Waals surface area contributed by atoms with Crippen LogP contribution in [0.1, 0.15) is 23.2 Å². The molecule has 1 spiro atoms. The summed E-state index contributed by atoms with van der Waals surface area (Å²) < 4.78 is 24.0. The SMILES string of the molecule is COC(=O)c1cc(F)c2c(c1)NCC1(CC1)O2. The van der Waals surface area contributed by atoms with E-state index >= 15 is 0 Å². The fraction of sp³-hybridized carbons (Fsp3) is 0.417. The molecule has 0 atom stereocenters. The number of ether oxygens (including phenoxy) is 2. The van der Waals surface area contributed by atoms with E-state index in [0.29, 0.717) is 12.2 Å². The van der Waals surface area contributed by atoms with Crippen LogP contribution in [0.25, 0.3) is 0 Å². The molecule has 1 aromatic carbocycles. The zero-order valence-electron chi connectivity index (χ0n) is 9.38. The van der Waals surface area contributed by atoms with E-state index in [9.17, 15) is 9.18 Å². The number of fused-ring (bicyclic) bond motifs is 1. The first kappa shape index (κ1) is 10.4. The first-order valence-electron chi connectivity index (χ1n) is 5.48. The van der Waals surface area contributed by atoms with Crippen molar-refractivity contribution in [3.8, 4) is 5.75 Å². The van der Waals surface area contributed by atoms with E-state index in [2.05, 4.69) is 10.1 Å². The van der Waals surface area contributed by atoms with E-state index in [0.717, 1.165) is 18.9 Å². The number of benzene rings is 1.